The van der Waals surface area contributed by atoms with Crippen LogP contribution in [0.3, 0.4) is 0 Å². The molecule has 1 aromatic heterocycles. The minimum atomic E-state index is -5.71. The summed E-state index contributed by atoms with van der Waals surface area (Å²) < 4.78 is 50.1. The summed E-state index contributed by atoms with van der Waals surface area (Å²) in [7, 11) is -16.7. The fourth-order valence-corrected chi connectivity index (χ4v) is 5.43. The molecule has 1 aliphatic heterocycles. The minimum Gasteiger partial charge on any atom is -0.387 e. The highest BCUT2D eigenvalue weighted by molar-refractivity contribution is 7.71. The van der Waals surface area contributed by atoms with Gasteiger partial charge in [0.1, 0.15) is 24.4 Å². The molecule has 0 aliphatic carbocycles. The molecule has 0 aromatic carbocycles. The molecule has 20 heteroatoms. The fraction of sp³-hybridized carbons (Fsp3) is 0.556. The molecule has 0 bridgehead atoms. The molecular weight excluding hydrogens is 485 g/mol. The van der Waals surface area contributed by atoms with E-state index in [2.05, 4.69) is 23.1 Å². The van der Waals surface area contributed by atoms with E-state index in [1.54, 1.807) is 0 Å². The number of phosphoric acid groups is 3. The maximum Gasteiger partial charge on any atom is 0.490 e. The van der Waals surface area contributed by atoms with Crippen LogP contribution in [-0.4, -0.2) is 64.7 Å². The standard InChI is InChI=1S/C9H15N2O14P3S/c12-5-4(2-22-27(18,19)25-28(20,21)24-26(15,16)17)23-7(6(5)13)3-1-10-9(29)11-8(3)14/h1,4-7,12-13H,2H2,(H,18,19)(H,20,21)(H2,15,16,17)(H2,10,11,14,29)/t4-,5+,6?,7+/m1/s1. The van der Waals surface area contributed by atoms with Crippen molar-refractivity contribution in [3.05, 3.63) is 26.9 Å². The molecule has 3 unspecified atom stereocenters. The van der Waals surface area contributed by atoms with E-state index in [0.29, 0.717) is 0 Å². The largest absolute Gasteiger partial charge is 0.490 e. The highest BCUT2D eigenvalue weighted by Crippen LogP contribution is 2.66. The van der Waals surface area contributed by atoms with Crippen LogP contribution < -0.4 is 5.56 Å². The third-order valence-corrected chi connectivity index (χ3v) is 7.36. The van der Waals surface area contributed by atoms with Crippen molar-refractivity contribution < 1.29 is 61.4 Å². The molecule has 29 heavy (non-hydrogen) atoms. The summed E-state index contributed by atoms with van der Waals surface area (Å²) in [6, 6.07) is 0. The molecule has 166 valence electrons. The first-order valence-electron chi connectivity index (χ1n) is 7.22. The Morgan fingerprint density at radius 3 is 2.24 bits per heavy atom. The van der Waals surface area contributed by atoms with Crippen molar-refractivity contribution in [2.24, 2.45) is 0 Å². The summed E-state index contributed by atoms with van der Waals surface area (Å²) in [5.41, 5.74) is -0.899. The number of phosphoric ester groups is 1. The van der Waals surface area contributed by atoms with E-state index >= 15 is 0 Å². The lowest BCUT2D eigenvalue weighted by Gasteiger charge is -2.19. The number of aliphatic hydroxyl groups excluding tert-OH is 2. The summed E-state index contributed by atoms with van der Waals surface area (Å²) in [4.78, 5) is 51.9. The Morgan fingerprint density at radius 2 is 1.69 bits per heavy atom. The quantitative estimate of drug-likeness (QED) is 0.156. The SMILES string of the molecule is O=c1[nH]c(=S)[nH]cc1[C@@H]1O[C@H](COP(=O)(O)OP(=O)(O)OP(=O)(O)O)[C@H](O)C1O. The van der Waals surface area contributed by atoms with E-state index in [9.17, 15) is 33.6 Å². The molecule has 2 heterocycles. The van der Waals surface area contributed by atoms with E-state index in [0.717, 1.165) is 6.20 Å². The molecular formula is C9H15N2O14P3S. The Kier molecular flexibility index (Phi) is 7.54. The zero-order chi connectivity index (χ0) is 22.2. The van der Waals surface area contributed by atoms with Gasteiger partial charge in [0.25, 0.3) is 5.56 Å². The van der Waals surface area contributed by atoms with Crippen molar-refractivity contribution in [3.8, 4) is 0 Å². The molecule has 1 aliphatic rings. The Balaban J connectivity index is 2.06. The highest BCUT2D eigenvalue weighted by atomic mass is 32.1. The maximum atomic E-state index is 11.9. The third-order valence-electron chi connectivity index (χ3n) is 3.33. The predicted molar refractivity (Wildman–Crippen MR) is 91.7 cm³/mol. The van der Waals surface area contributed by atoms with Gasteiger partial charge in [0, 0.05) is 6.20 Å². The first-order valence-corrected chi connectivity index (χ1v) is 12.1. The van der Waals surface area contributed by atoms with Crippen molar-refractivity contribution in [2.45, 2.75) is 24.4 Å². The maximum absolute atomic E-state index is 11.9. The minimum absolute atomic E-state index is 0.0176. The number of hydrogen-bond donors (Lipinski definition) is 8. The van der Waals surface area contributed by atoms with Crippen LogP contribution in [0, 0.1) is 4.77 Å². The van der Waals surface area contributed by atoms with Crippen LogP contribution in [-0.2, 0) is 31.6 Å². The number of ether oxygens (including phenoxy) is 1. The lowest BCUT2D eigenvalue weighted by atomic mass is 10.0. The molecule has 0 amide bonds. The van der Waals surface area contributed by atoms with Crippen LogP contribution in [0.1, 0.15) is 11.7 Å². The third kappa shape index (κ3) is 6.95. The topological polar surface area (TPSA) is 258 Å². The molecule has 0 radical (unpaired) electrons. The van der Waals surface area contributed by atoms with Gasteiger partial charge in [0.05, 0.1) is 12.2 Å². The average Bonchev–Trinajstić information content (AvgIpc) is 2.78. The lowest BCUT2D eigenvalue weighted by molar-refractivity contribution is -0.0227. The van der Waals surface area contributed by atoms with E-state index in [-0.39, 0.29) is 10.3 Å². The smallest absolute Gasteiger partial charge is 0.387 e. The van der Waals surface area contributed by atoms with Crippen LogP contribution in [0.25, 0.3) is 0 Å². The number of H-pyrrole nitrogens is 2. The van der Waals surface area contributed by atoms with Crippen LogP contribution in [0.4, 0.5) is 0 Å². The van der Waals surface area contributed by atoms with Gasteiger partial charge in [-0.05, 0) is 12.2 Å². The lowest BCUT2D eigenvalue weighted by Crippen LogP contribution is -2.33. The van der Waals surface area contributed by atoms with Crippen LogP contribution in [0.2, 0.25) is 0 Å². The molecule has 6 atom stereocenters. The Labute approximate surface area is 165 Å². The van der Waals surface area contributed by atoms with Crippen molar-refractivity contribution >= 4 is 35.7 Å². The van der Waals surface area contributed by atoms with E-state index in [1.807, 2.05) is 0 Å². The normalized spacial score (nSPS) is 29.3. The number of nitrogens with one attached hydrogen (secondary N) is 2. The predicted octanol–water partition coefficient (Wildman–Crippen LogP) is -1.06. The Hall–Kier alpha value is -0.610. The summed E-state index contributed by atoms with van der Waals surface area (Å²) in [5.74, 6) is 0. The van der Waals surface area contributed by atoms with Crippen molar-refractivity contribution in [1.29, 1.82) is 0 Å². The van der Waals surface area contributed by atoms with E-state index in [1.165, 1.54) is 0 Å². The monoisotopic (exact) mass is 500 g/mol. The van der Waals surface area contributed by atoms with Gasteiger partial charge in [-0.25, -0.2) is 13.7 Å². The van der Waals surface area contributed by atoms with Gasteiger partial charge >= 0.3 is 23.5 Å². The Morgan fingerprint density at radius 1 is 1.07 bits per heavy atom. The first-order chi connectivity index (χ1) is 13.1. The summed E-state index contributed by atoms with van der Waals surface area (Å²) >= 11 is 4.71. The second kappa shape index (κ2) is 8.86. The molecule has 16 nitrogen and oxygen atoms in total. The second-order valence-electron chi connectivity index (χ2n) is 5.49. The molecule has 1 fully saturated rings. The summed E-state index contributed by atoms with van der Waals surface area (Å²) in [5, 5.41) is 20.0. The van der Waals surface area contributed by atoms with Gasteiger partial charge in [-0.2, -0.15) is 8.62 Å². The summed E-state index contributed by atoms with van der Waals surface area (Å²) in [6.45, 7) is -1.00. The number of aliphatic hydroxyl groups is 2. The molecule has 1 aromatic rings. The highest BCUT2D eigenvalue weighted by Gasteiger charge is 2.46. The molecule has 1 saturated heterocycles. The molecule has 2 rings (SSSR count). The molecule has 8 N–H and O–H groups in total. The zero-order valence-electron chi connectivity index (χ0n) is 13.8. The second-order valence-corrected chi connectivity index (χ2v) is 10.3. The van der Waals surface area contributed by atoms with Crippen molar-refractivity contribution in [1.82, 2.24) is 9.97 Å². The zero-order valence-corrected chi connectivity index (χ0v) is 17.3. The number of aromatic nitrogens is 2. The van der Waals surface area contributed by atoms with Gasteiger partial charge in [0.2, 0.25) is 0 Å². The molecule has 0 spiro atoms. The Bertz CT molecular complexity index is 1000. The fourth-order valence-electron chi connectivity index (χ4n) is 2.25. The van der Waals surface area contributed by atoms with Gasteiger partial charge < -0.3 is 39.5 Å². The van der Waals surface area contributed by atoms with Gasteiger partial charge in [-0.3, -0.25) is 14.3 Å². The number of rotatable bonds is 8. The number of hydrogen-bond acceptors (Lipinski definition) is 11. The van der Waals surface area contributed by atoms with Gasteiger partial charge in [-0.1, -0.05) is 0 Å². The van der Waals surface area contributed by atoms with Crippen molar-refractivity contribution in [2.75, 3.05) is 6.61 Å². The van der Waals surface area contributed by atoms with Crippen molar-refractivity contribution in [3.63, 3.8) is 0 Å². The summed E-state index contributed by atoms with van der Waals surface area (Å²) in [6.07, 6.45) is -5.19. The van der Waals surface area contributed by atoms with Crippen LogP contribution in [0.15, 0.2) is 11.0 Å². The van der Waals surface area contributed by atoms with Crippen LogP contribution in [0.5, 0.6) is 0 Å². The van der Waals surface area contributed by atoms with Gasteiger partial charge in [0.15, 0.2) is 4.77 Å². The number of aromatic amines is 2. The first kappa shape index (κ1) is 24.7. The average molecular weight is 500 g/mol. The van der Waals surface area contributed by atoms with Crippen LogP contribution >= 0.6 is 35.7 Å². The van der Waals surface area contributed by atoms with E-state index < -0.39 is 60.1 Å². The molecule has 0 saturated carbocycles. The van der Waals surface area contributed by atoms with E-state index in [4.69, 9.17) is 31.6 Å². The van der Waals surface area contributed by atoms with Gasteiger partial charge in [-0.15, -0.1) is 0 Å².